The summed E-state index contributed by atoms with van der Waals surface area (Å²) in [5.74, 6) is -0.220. The van der Waals surface area contributed by atoms with Crippen molar-refractivity contribution in [2.75, 3.05) is 18.5 Å². The van der Waals surface area contributed by atoms with Gasteiger partial charge in [-0.15, -0.1) is 0 Å². The Bertz CT molecular complexity index is 496. The van der Waals surface area contributed by atoms with Gasteiger partial charge in [-0.3, -0.25) is 0 Å². The van der Waals surface area contributed by atoms with E-state index in [9.17, 15) is 9.90 Å². The van der Waals surface area contributed by atoms with Crippen LogP contribution in [0.5, 0.6) is 0 Å². The Morgan fingerprint density at radius 1 is 1.40 bits per heavy atom. The van der Waals surface area contributed by atoms with Crippen molar-refractivity contribution in [2.24, 2.45) is 0 Å². The molecule has 0 saturated carbocycles. The van der Waals surface area contributed by atoms with E-state index in [1.54, 1.807) is 0 Å². The number of hydrogen-bond acceptors (Lipinski definition) is 5. The molecule has 0 unspecified atom stereocenters. The number of carboxylic acids is 1. The van der Waals surface area contributed by atoms with Crippen molar-refractivity contribution in [1.29, 1.82) is 0 Å². The lowest BCUT2D eigenvalue weighted by Gasteiger charge is -2.34. The Kier molecular flexibility index (Phi) is 4.23. The zero-order chi connectivity index (χ0) is 14.8. The van der Waals surface area contributed by atoms with Crippen LogP contribution < -0.4 is 5.32 Å². The van der Waals surface area contributed by atoms with Crippen LogP contribution in [0.3, 0.4) is 0 Å². The van der Waals surface area contributed by atoms with Crippen LogP contribution in [0.1, 0.15) is 44.0 Å². The van der Waals surface area contributed by atoms with E-state index in [1.807, 2.05) is 26.8 Å². The smallest absolute Gasteiger partial charge is 0.329 e. The normalized spacial score (nSPS) is 18.0. The second-order valence-electron chi connectivity index (χ2n) is 5.54. The Morgan fingerprint density at radius 3 is 2.60 bits per heavy atom. The van der Waals surface area contributed by atoms with Crippen molar-refractivity contribution in [3.05, 3.63) is 17.5 Å². The summed E-state index contributed by atoms with van der Waals surface area (Å²) in [4.78, 5) is 20.4. The third-order valence-electron chi connectivity index (χ3n) is 3.57. The van der Waals surface area contributed by atoms with Crippen molar-refractivity contribution in [3.63, 3.8) is 0 Å². The highest BCUT2D eigenvalue weighted by Crippen LogP contribution is 2.26. The molecule has 0 amide bonds. The number of rotatable bonds is 4. The molecule has 1 saturated heterocycles. The first-order chi connectivity index (χ1) is 9.43. The van der Waals surface area contributed by atoms with Crippen LogP contribution in [-0.4, -0.2) is 39.8 Å². The van der Waals surface area contributed by atoms with Gasteiger partial charge < -0.3 is 15.2 Å². The fourth-order valence-electron chi connectivity index (χ4n) is 2.27. The molecule has 1 aliphatic heterocycles. The number of nitrogens with one attached hydrogen (secondary N) is 1. The lowest BCUT2D eigenvalue weighted by atomic mass is 9.90. The summed E-state index contributed by atoms with van der Waals surface area (Å²) in [7, 11) is 0. The SMILES string of the molecule is Cc1cc(C(C)C)nc(NC2(C(=O)O)CCOCC2)n1. The summed E-state index contributed by atoms with van der Waals surface area (Å²) < 4.78 is 5.25. The minimum absolute atomic E-state index is 0.271. The molecule has 110 valence electrons. The molecule has 6 heteroatoms. The molecule has 0 atom stereocenters. The van der Waals surface area contributed by atoms with E-state index in [4.69, 9.17) is 4.74 Å². The molecule has 2 N–H and O–H groups in total. The van der Waals surface area contributed by atoms with E-state index >= 15 is 0 Å². The molecule has 2 rings (SSSR count). The van der Waals surface area contributed by atoms with E-state index in [0.717, 1.165) is 11.4 Å². The number of carboxylic acid groups (broad SMARTS) is 1. The van der Waals surface area contributed by atoms with Gasteiger partial charge in [-0.1, -0.05) is 13.8 Å². The third kappa shape index (κ3) is 3.07. The van der Waals surface area contributed by atoms with Gasteiger partial charge in [0.25, 0.3) is 0 Å². The van der Waals surface area contributed by atoms with E-state index < -0.39 is 11.5 Å². The maximum Gasteiger partial charge on any atom is 0.329 e. The average Bonchev–Trinajstić information content (AvgIpc) is 2.38. The molecule has 1 aromatic heterocycles. The first-order valence-electron chi connectivity index (χ1n) is 6.88. The Hall–Kier alpha value is -1.69. The minimum atomic E-state index is -1.03. The number of aliphatic carboxylic acids is 1. The fourth-order valence-corrected chi connectivity index (χ4v) is 2.27. The van der Waals surface area contributed by atoms with Crippen molar-refractivity contribution >= 4 is 11.9 Å². The lowest BCUT2D eigenvalue weighted by Crippen LogP contribution is -2.51. The molecule has 0 aromatic carbocycles. The molecular formula is C14H21N3O3. The quantitative estimate of drug-likeness (QED) is 0.876. The van der Waals surface area contributed by atoms with Crippen LogP contribution in [-0.2, 0) is 9.53 Å². The van der Waals surface area contributed by atoms with Gasteiger partial charge in [0.2, 0.25) is 5.95 Å². The van der Waals surface area contributed by atoms with Gasteiger partial charge in [-0.05, 0) is 18.9 Å². The number of aryl methyl sites for hydroxylation is 1. The fraction of sp³-hybridized carbons (Fsp3) is 0.643. The molecule has 1 aromatic rings. The Morgan fingerprint density at radius 2 is 2.05 bits per heavy atom. The highest BCUT2D eigenvalue weighted by molar-refractivity contribution is 5.82. The summed E-state index contributed by atoms with van der Waals surface area (Å²) in [6, 6.07) is 1.92. The Labute approximate surface area is 118 Å². The van der Waals surface area contributed by atoms with Crippen LogP contribution in [0.2, 0.25) is 0 Å². The molecule has 0 bridgehead atoms. The lowest BCUT2D eigenvalue weighted by molar-refractivity contribution is -0.145. The highest BCUT2D eigenvalue weighted by atomic mass is 16.5. The first kappa shape index (κ1) is 14.7. The summed E-state index contributed by atoms with van der Waals surface area (Å²) >= 11 is 0. The van der Waals surface area contributed by atoms with E-state index in [2.05, 4.69) is 15.3 Å². The molecule has 0 radical (unpaired) electrons. The van der Waals surface area contributed by atoms with Gasteiger partial charge in [0, 0.05) is 37.4 Å². The maximum absolute atomic E-state index is 11.6. The number of anilines is 1. The number of nitrogens with zero attached hydrogens (tertiary/aromatic N) is 2. The minimum Gasteiger partial charge on any atom is -0.480 e. The second-order valence-corrected chi connectivity index (χ2v) is 5.54. The monoisotopic (exact) mass is 279 g/mol. The van der Waals surface area contributed by atoms with Crippen molar-refractivity contribution < 1.29 is 14.6 Å². The molecule has 1 fully saturated rings. The second kappa shape index (κ2) is 5.75. The zero-order valence-corrected chi connectivity index (χ0v) is 12.1. The summed E-state index contributed by atoms with van der Waals surface area (Å²) in [5, 5.41) is 12.6. The predicted molar refractivity (Wildman–Crippen MR) is 74.9 cm³/mol. The summed E-state index contributed by atoms with van der Waals surface area (Å²) in [5.41, 5.74) is 0.715. The van der Waals surface area contributed by atoms with Crippen LogP contribution in [0.15, 0.2) is 6.07 Å². The van der Waals surface area contributed by atoms with Gasteiger partial charge in [-0.25, -0.2) is 14.8 Å². The van der Waals surface area contributed by atoms with E-state index in [0.29, 0.717) is 32.0 Å². The number of aromatic nitrogens is 2. The molecule has 6 nitrogen and oxygen atoms in total. The van der Waals surface area contributed by atoms with Crippen molar-refractivity contribution in [2.45, 2.75) is 45.1 Å². The van der Waals surface area contributed by atoms with Gasteiger partial charge in [0.15, 0.2) is 0 Å². The molecule has 1 aliphatic rings. The van der Waals surface area contributed by atoms with E-state index in [-0.39, 0.29) is 5.92 Å². The maximum atomic E-state index is 11.6. The number of carbonyl (C=O) groups is 1. The largest absolute Gasteiger partial charge is 0.480 e. The zero-order valence-electron chi connectivity index (χ0n) is 12.1. The predicted octanol–water partition coefficient (Wildman–Crippen LogP) is 1.95. The summed E-state index contributed by atoms with van der Waals surface area (Å²) in [6.07, 6.45) is 0.827. The number of hydrogen-bond donors (Lipinski definition) is 2. The van der Waals surface area contributed by atoms with Crippen molar-refractivity contribution in [1.82, 2.24) is 9.97 Å². The molecule has 2 heterocycles. The van der Waals surface area contributed by atoms with Crippen LogP contribution >= 0.6 is 0 Å². The van der Waals surface area contributed by atoms with Gasteiger partial charge in [0.1, 0.15) is 5.54 Å². The van der Waals surface area contributed by atoms with Gasteiger partial charge in [-0.2, -0.15) is 0 Å². The molecular weight excluding hydrogens is 258 g/mol. The molecule has 0 spiro atoms. The van der Waals surface area contributed by atoms with Crippen molar-refractivity contribution in [3.8, 4) is 0 Å². The topological polar surface area (TPSA) is 84.3 Å². The molecule has 20 heavy (non-hydrogen) atoms. The standard InChI is InChI=1S/C14H21N3O3/c1-9(2)11-8-10(3)15-13(16-11)17-14(12(18)19)4-6-20-7-5-14/h8-9H,4-7H2,1-3H3,(H,18,19)(H,15,16,17). The Balaban J connectivity index is 2.29. The summed E-state index contributed by atoms with van der Waals surface area (Å²) in [6.45, 7) is 6.85. The van der Waals surface area contributed by atoms with Gasteiger partial charge in [0.05, 0.1) is 0 Å². The van der Waals surface area contributed by atoms with Gasteiger partial charge >= 0.3 is 5.97 Å². The van der Waals surface area contributed by atoms with Crippen LogP contribution in [0.25, 0.3) is 0 Å². The third-order valence-corrected chi connectivity index (χ3v) is 3.57. The molecule has 0 aliphatic carbocycles. The first-order valence-corrected chi connectivity index (χ1v) is 6.88. The van der Waals surface area contributed by atoms with Crippen LogP contribution in [0, 0.1) is 6.92 Å². The highest BCUT2D eigenvalue weighted by Gasteiger charge is 2.41. The van der Waals surface area contributed by atoms with E-state index in [1.165, 1.54) is 0 Å². The average molecular weight is 279 g/mol. The number of ether oxygens (including phenoxy) is 1. The van der Waals surface area contributed by atoms with Crippen LogP contribution in [0.4, 0.5) is 5.95 Å².